The first-order valence-electron chi connectivity index (χ1n) is 25.1. The average Bonchev–Trinajstić information content (AvgIpc) is 3.23. The molecule has 0 aromatic heterocycles. The second-order valence-corrected chi connectivity index (χ2v) is 19.1. The Morgan fingerprint density at radius 2 is 0.641 bits per heavy atom. The van der Waals surface area contributed by atoms with Gasteiger partial charge in [0.1, 0.15) is 6.61 Å². The summed E-state index contributed by atoms with van der Waals surface area (Å²) >= 11 is 0. The van der Waals surface area contributed by atoms with Gasteiger partial charge in [0.15, 0.2) is 0 Å². The molecule has 0 saturated heterocycles. The molecule has 1 aromatic carbocycles. The van der Waals surface area contributed by atoms with E-state index in [4.69, 9.17) is 4.74 Å². The summed E-state index contributed by atoms with van der Waals surface area (Å²) in [5.41, 5.74) is 16.9. The molecule has 1 aromatic rings. The molecule has 0 spiro atoms. The molecule has 0 radical (unpaired) electrons. The maximum atomic E-state index is 12.1. The normalized spacial score (nSPS) is 14.4. The SMILES string of the molecule is CC(C)=CCCC(C)=CCC=C(C)CCCC(C)=CCCC(C)=CCCC(C)=CCCC(C)=CCCC(C)=CCCC(C)=CCCC(C)=CCCC(C)=CCOC(=O)c1ccccc1. The Balaban J connectivity index is 2.21. The van der Waals surface area contributed by atoms with Gasteiger partial charge >= 0.3 is 5.97 Å². The van der Waals surface area contributed by atoms with Crippen LogP contribution in [0.3, 0.4) is 0 Å². The molecule has 0 heterocycles. The fourth-order valence-corrected chi connectivity index (χ4v) is 7.46. The number of esters is 1. The van der Waals surface area contributed by atoms with Crippen LogP contribution in [0.5, 0.6) is 0 Å². The highest BCUT2D eigenvalue weighted by atomic mass is 16.5. The van der Waals surface area contributed by atoms with E-state index in [1.807, 2.05) is 24.3 Å². The van der Waals surface area contributed by atoms with Gasteiger partial charge in [-0.2, -0.15) is 0 Å². The third-order valence-corrected chi connectivity index (χ3v) is 12.0. The molecule has 0 aliphatic carbocycles. The van der Waals surface area contributed by atoms with Gasteiger partial charge in [0, 0.05) is 0 Å². The van der Waals surface area contributed by atoms with E-state index in [2.05, 4.69) is 144 Å². The van der Waals surface area contributed by atoms with Crippen molar-refractivity contribution in [1.82, 2.24) is 0 Å². The number of hydrogen-bond donors (Lipinski definition) is 0. The van der Waals surface area contributed by atoms with Gasteiger partial charge in [-0.3, -0.25) is 0 Å². The molecule has 0 atom stereocenters. The van der Waals surface area contributed by atoms with Crippen LogP contribution < -0.4 is 0 Å². The van der Waals surface area contributed by atoms with E-state index < -0.39 is 0 Å². The lowest BCUT2D eigenvalue weighted by Crippen LogP contribution is -2.04. The molecule has 0 unspecified atom stereocenters. The largest absolute Gasteiger partial charge is 0.458 e. The molecule has 0 fully saturated rings. The van der Waals surface area contributed by atoms with Crippen LogP contribution in [0.15, 0.2) is 158 Å². The molecule has 0 amide bonds. The Kier molecular flexibility index (Phi) is 33.5. The van der Waals surface area contributed by atoms with Gasteiger partial charge < -0.3 is 4.74 Å². The zero-order valence-corrected chi connectivity index (χ0v) is 43.4. The van der Waals surface area contributed by atoms with Gasteiger partial charge in [-0.25, -0.2) is 4.79 Å². The van der Waals surface area contributed by atoms with E-state index >= 15 is 0 Å². The molecule has 354 valence electrons. The second kappa shape index (κ2) is 37.1. The van der Waals surface area contributed by atoms with Gasteiger partial charge in [0.05, 0.1) is 5.56 Å². The summed E-state index contributed by atoms with van der Waals surface area (Å²) in [6.07, 6.45) is 49.1. The van der Waals surface area contributed by atoms with E-state index in [1.165, 1.54) is 94.3 Å². The maximum Gasteiger partial charge on any atom is 0.338 e. The summed E-state index contributed by atoms with van der Waals surface area (Å²) in [7, 11) is 0. The van der Waals surface area contributed by atoms with E-state index in [0.717, 1.165) is 89.9 Å². The van der Waals surface area contributed by atoms with Crippen LogP contribution in [0.1, 0.15) is 222 Å². The fraction of sp³-hybridized carbons (Fsp3) is 0.532. The van der Waals surface area contributed by atoms with Gasteiger partial charge in [0.2, 0.25) is 0 Å². The number of hydrogen-bond acceptors (Lipinski definition) is 2. The highest BCUT2D eigenvalue weighted by Crippen LogP contribution is 2.19. The van der Waals surface area contributed by atoms with Crippen molar-refractivity contribution >= 4 is 5.97 Å². The topological polar surface area (TPSA) is 26.3 Å². The predicted octanol–water partition coefficient (Wildman–Crippen LogP) is 20.1. The standard InChI is InChI=1S/C62H94O2/c1-50(2)26-16-27-51(3)28-17-29-52(4)30-18-31-53(5)32-19-33-54(6)34-20-35-55(7)36-21-37-56(8)38-22-39-57(9)40-23-41-58(10)42-24-43-59(11)44-25-45-60(12)48-49-64-62(63)61-46-14-13-15-47-61/h13-15,26,28-29,32,34,36,38,40,42,44,46-48H,16-25,27,30-31,33,35,37,39,41,43,45,49H2,1-12H3. The van der Waals surface area contributed by atoms with Crippen molar-refractivity contribution in [2.45, 2.75) is 212 Å². The van der Waals surface area contributed by atoms with Crippen LogP contribution in [-0.4, -0.2) is 12.6 Å². The summed E-state index contributed by atoms with van der Waals surface area (Å²) in [6.45, 7) is 27.4. The minimum absolute atomic E-state index is 0.270. The van der Waals surface area contributed by atoms with Crippen molar-refractivity contribution in [3.63, 3.8) is 0 Å². The van der Waals surface area contributed by atoms with Crippen LogP contribution in [0.25, 0.3) is 0 Å². The first-order chi connectivity index (χ1) is 30.6. The Labute approximate surface area is 396 Å². The minimum atomic E-state index is -0.270. The van der Waals surface area contributed by atoms with Crippen molar-refractivity contribution in [1.29, 1.82) is 0 Å². The van der Waals surface area contributed by atoms with Crippen LogP contribution in [0.4, 0.5) is 0 Å². The molecule has 0 N–H and O–H groups in total. The third-order valence-electron chi connectivity index (χ3n) is 12.0. The van der Waals surface area contributed by atoms with Crippen molar-refractivity contribution in [3.8, 4) is 0 Å². The van der Waals surface area contributed by atoms with Crippen molar-refractivity contribution in [2.75, 3.05) is 6.61 Å². The zero-order valence-electron chi connectivity index (χ0n) is 43.4. The molecular formula is C62H94O2. The first kappa shape index (κ1) is 57.8. The molecule has 0 aliphatic heterocycles. The molecule has 0 aliphatic rings. The lowest BCUT2D eigenvalue weighted by molar-refractivity contribution is 0.0549. The lowest BCUT2D eigenvalue weighted by Gasteiger charge is -2.05. The number of allylic oxidation sites excluding steroid dienone is 21. The zero-order chi connectivity index (χ0) is 47.4. The quantitative estimate of drug-likeness (QED) is 0.0520. The lowest BCUT2D eigenvalue weighted by atomic mass is 10.0. The summed E-state index contributed by atoms with van der Waals surface area (Å²) in [4.78, 5) is 12.1. The van der Waals surface area contributed by atoms with Crippen LogP contribution in [0, 0.1) is 0 Å². The number of carbonyl (C=O) groups excluding carboxylic acids is 1. The second-order valence-electron chi connectivity index (χ2n) is 19.1. The number of carbonyl (C=O) groups is 1. The monoisotopic (exact) mass is 871 g/mol. The van der Waals surface area contributed by atoms with Crippen LogP contribution in [0.2, 0.25) is 0 Å². The van der Waals surface area contributed by atoms with E-state index in [9.17, 15) is 4.79 Å². The molecule has 64 heavy (non-hydrogen) atoms. The molecule has 2 nitrogen and oxygen atoms in total. The van der Waals surface area contributed by atoms with Gasteiger partial charge in [-0.1, -0.05) is 140 Å². The Morgan fingerprint density at radius 3 is 0.984 bits per heavy atom. The molecular weight excluding hydrogens is 777 g/mol. The minimum Gasteiger partial charge on any atom is -0.458 e. The highest BCUT2D eigenvalue weighted by molar-refractivity contribution is 5.89. The fourth-order valence-electron chi connectivity index (χ4n) is 7.46. The summed E-state index contributed by atoms with van der Waals surface area (Å²) in [6, 6.07) is 9.16. The molecule has 0 bridgehead atoms. The summed E-state index contributed by atoms with van der Waals surface area (Å²) in [5, 5.41) is 0. The predicted molar refractivity (Wildman–Crippen MR) is 286 cm³/mol. The van der Waals surface area contributed by atoms with Crippen LogP contribution in [-0.2, 0) is 4.74 Å². The van der Waals surface area contributed by atoms with E-state index in [1.54, 1.807) is 17.7 Å². The van der Waals surface area contributed by atoms with Gasteiger partial charge in [0.25, 0.3) is 0 Å². The first-order valence-corrected chi connectivity index (χ1v) is 25.1. The Morgan fingerprint density at radius 1 is 0.359 bits per heavy atom. The van der Waals surface area contributed by atoms with Crippen LogP contribution >= 0.6 is 0 Å². The Bertz CT molecular complexity index is 1820. The summed E-state index contributed by atoms with van der Waals surface area (Å²) in [5.74, 6) is -0.270. The van der Waals surface area contributed by atoms with Crippen molar-refractivity contribution < 1.29 is 9.53 Å². The van der Waals surface area contributed by atoms with Crippen molar-refractivity contribution in [3.05, 3.63) is 164 Å². The number of rotatable bonds is 33. The molecule has 0 saturated carbocycles. The summed E-state index contributed by atoms with van der Waals surface area (Å²) < 4.78 is 5.38. The van der Waals surface area contributed by atoms with E-state index in [-0.39, 0.29) is 5.97 Å². The molecule has 2 heteroatoms. The Hall–Kier alpha value is -4.17. The van der Waals surface area contributed by atoms with Gasteiger partial charge in [-0.05, 0) is 230 Å². The maximum absolute atomic E-state index is 12.1. The number of ether oxygens (including phenoxy) is 1. The smallest absolute Gasteiger partial charge is 0.338 e. The molecule has 1 rings (SSSR count). The number of benzene rings is 1. The van der Waals surface area contributed by atoms with Gasteiger partial charge in [-0.15, -0.1) is 0 Å². The average molecular weight is 871 g/mol. The van der Waals surface area contributed by atoms with Crippen molar-refractivity contribution in [2.24, 2.45) is 0 Å². The highest BCUT2D eigenvalue weighted by Gasteiger charge is 2.04. The third kappa shape index (κ3) is 34.3. The van der Waals surface area contributed by atoms with E-state index in [0.29, 0.717) is 12.2 Å².